The van der Waals surface area contributed by atoms with Gasteiger partial charge in [0.25, 0.3) is 0 Å². The van der Waals surface area contributed by atoms with E-state index in [4.69, 9.17) is 0 Å². The quantitative estimate of drug-likeness (QED) is 0.753. The highest BCUT2D eigenvalue weighted by atomic mass is 32.2. The van der Waals surface area contributed by atoms with Crippen molar-refractivity contribution in [3.63, 3.8) is 0 Å². The SMILES string of the molecule is Cc1ccc(N2CCCC(C(=O)N3CCN(S(C)(=O)=O)CC3)C2)nn1. The third-order valence-electron chi connectivity index (χ3n) is 4.90. The second kappa shape index (κ2) is 7.25. The molecule has 0 radical (unpaired) electrons. The zero-order valence-corrected chi connectivity index (χ0v) is 15.6. The maximum absolute atomic E-state index is 12.8. The lowest BCUT2D eigenvalue weighted by atomic mass is 9.96. The van der Waals surface area contributed by atoms with Crippen LogP contribution in [0, 0.1) is 12.8 Å². The van der Waals surface area contributed by atoms with Crippen LogP contribution in [0.4, 0.5) is 5.82 Å². The molecule has 25 heavy (non-hydrogen) atoms. The minimum absolute atomic E-state index is 0.0679. The highest BCUT2D eigenvalue weighted by Gasteiger charge is 2.32. The average Bonchev–Trinajstić information content (AvgIpc) is 2.61. The Bertz CT molecular complexity index is 714. The van der Waals surface area contributed by atoms with E-state index in [0.29, 0.717) is 32.7 Å². The fourth-order valence-electron chi connectivity index (χ4n) is 3.45. The number of carbonyl (C=O) groups is 1. The third-order valence-corrected chi connectivity index (χ3v) is 6.20. The number of piperidine rings is 1. The number of aryl methyl sites for hydroxylation is 1. The normalized spacial score (nSPS) is 22.9. The predicted octanol–water partition coefficient (Wildman–Crippen LogP) is 0.105. The summed E-state index contributed by atoms with van der Waals surface area (Å²) in [5.41, 5.74) is 0.872. The largest absolute Gasteiger partial charge is 0.354 e. The molecule has 138 valence electrons. The molecule has 0 aliphatic carbocycles. The first-order valence-corrected chi connectivity index (χ1v) is 10.5. The molecule has 8 nitrogen and oxygen atoms in total. The maximum atomic E-state index is 12.8. The minimum Gasteiger partial charge on any atom is -0.354 e. The number of anilines is 1. The van der Waals surface area contributed by atoms with Gasteiger partial charge in [-0.05, 0) is 31.9 Å². The van der Waals surface area contributed by atoms with Crippen LogP contribution in [0.2, 0.25) is 0 Å². The topological polar surface area (TPSA) is 86.7 Å². The summed E-state index contributed by atoms with van der Waals surface area (Å²) in [5, 5.41) is 8.32. The van der Waals surface area contributed by atoms with Crippen LogP contribution in [-0.4, -0.2) is 79.3 Å². The molecule has 3 heterocycles. The van der Waals surface area contributed by atoms with Gasteiger partial charge < -0.3 is 9.80 Å². The summed E-state index contributed by atoms with van der Waals surface area (Å²) >= 11 is 0. The number of carbonyl (C=O) groups excluding carboxylic acids is 1. The fourth-order valence-corrected chi connectivity index (χ4v) is 4.27. The summed E-state index contributed by atoms with van der Waals surface area (Å²) in [4.78, 5) is 16.8. The van der Waals surface area contributed by atoms with Crippen molar-refractivity contribution < 1.29 is 13.2 Å². The van der Waals surface area contributed by atoms with Gasteiger partial charge in [-0.3, -0.25) is 4.79 Å². The van der Waals surface area contributed by atoms with E-state index in [1.807, 2.05) is 19.1 Å². The van der Waals surface area contributed by atoms with Crippen molar-refractivity contribution in [3.8, 4) is 0 Å². The van der Waals surface area contributed by atoms with Gasteiger partial charge in [0.05, 0.1) is 17.9 Å². The lowest BCUT2D eigenvalue weighted by Gasteiger charge is -2.38. The van der Waals surface area contributed by atoms with Gasteiger partial charge in [-0.2, -0.15) is 9.40 Å². The van der Waals surface area contributed by atoms with Crippen LogP contribution in [0.15, 0.2) is 12.1 Å². The van der Waals surface area contributed by atoms with Crippen LogP contribution in [-0.2, 0) is 14.8 Å². The van der Waals surface area contributed by atoms with Crippen molar-refractivity contribution in [2.24, 2.45) is 5.92 Å². The van der Waals surface area contributed by atoms with E-state index < -0.39 is 10.0 Å². The number of hydrogen-bond acceptors (Lipinski definition) is 6. The number of sulfonamides is 1. The highest BCUT2D eigenvalue weighted by molar-refractivity contribution is 7.88. The van der Waals surface area contributed by atoms with Gasteiger partial charge in [-0.25, -0.2) is 8.42 Å². The number of piperazine rings is 1. The van der Waals surface area contributed by atoms with E-state index in [2.05, 4.69) is 15.1 Å². The van der Waals surface area contributed by atoms with Crippen molar-refractivity contribution in [3.05, 3.63) is 17.8 Å². The van der Waals surface area contributed by atoms with Crippen molar-refractivity contribution in [1.82, 2.24) is 19.4 Å². The van der Waals surface area contributed by atoms with Gasteiger partial charge in [0.15, 0.2) is 5.82 Å². The van der Waals surface area contributed by atoms with Crippen LogP contribution >= 0.6 is 0 Å². The summed E-state index contributed by atoms with van der Waals surface area (Å²) in [7, 11) is -3.18. The molecule has 2 fully saturated rings. The Morgan fingerprint density at radius 3 is 2.44 bits per heavy atom. The van der Waals surface area contributed by atoms with E-state index in [9.17, 15) is 13.2 Å². The van der Waals surface area contributed by atoms with Crippen LogP contribution in [0.3, 0.4) is 0 Å². The van der Waals surface area contributed by atoms with Gasteiger partial charge in [-0.1, -0.05) is 0 Å². The standard InChI is InChI=1S/C16H25N5O3S/c1-13-5-6-15(18-17-13)20-7-3-4-14(12-20)16(22)19-8-10-21(11-9-19)25(2,23)24/h5-6,14H,3-4,7-12H2,1-2H3. The van der Waals surface area contributed by atoms with Crippen molar-refractivity contribution >= 4 is 21.7 Å². The molecule has 1 aromatic rings. The molecule has 1 unspecified atom stereocenters. The molecule has 0 saturated carbocycles. The molecule has 2 saturated heterocycles. The third kappa shape index (κ3) is 4.27. The van der Waals surface area contributed by atoms with Gasteiger partial charge in [-0.15, -0.1) is 5.10 Å². The lowest BCUT2D eigenvalue weighted by Crippen LogP contribution is -2.53. The molecule has 9 heteroatoms. The Balaban J connectivity index is 1.60. The number of rotatable bonds is 3. The molecule has 2 aliphatic heterocycles. The Hall–Kier alpha value is -1.74. The molecule has 0 N–H and O–H groups in total. The number of hydrogen-bond donors (Lipinski definition) is 0. The van der Waals surface area contributed by atoms with Gasteiger partial charge in [0.1, 0.15) is 0 Å². The molecule has 1 aromatic heterocycles. The second-order valence-corrected chi connectivity index (χ2v) is 8.79. The summed E-state index contributed by atoms with van der Waals surface area (Å²) in [6, 6.07) is 3.87. The number of nitrogens with zero attached hydrogens (tertiary/aromatic N) is 5. The van der Waals surface area contributed by atoms with Crippen molar-refractivity contribution in [1.29, 1.82) is 0 Å². The van der Waals surface area contributed by atoms with Crippen molar-refractivity contribution in [2.75, 3.05) is 50.4 Å². The molecule has 3 rings (SSSR count). The Morgan fingerprint density at radius 2 is 1.84 bits per heavy atom. The zero-order valence-electron chi connectivity index (χ0n) is 14.8. The van der Waals surface area contributed by atoms with Crippen LogP contribution in [0.5, 0.6) is 0 Å². The maximum Gasteiger partial charge on any atom is 0.227 e. The molecule has 0 aromatic carbocycles. The van der Waals surface area contributed by atoms with Gasteiger partial charge in [0.2, 0.25) is 15.9 Å². The van der Waals surface area contributed by atoms with E-state index in [-0.39, 0.29) is 11.8 Å². The summed E-state index contributed by atoms with van der Waals surface area (Å²) in [6.07, 6.45) is 3.02. The van der Waals surface area contributed by atoms with Gasteiger partial charge >= 0.3 is 0 Å². The summed E-state index contributed by atoms with van der Waals surface area (Å²) < 4.78 is 24.6. The van der Waals surface area contributed by atoms with Crippen LogP contribution in [0.25, 0.3) is 0 Å². The Kier molecular flexibility index (Phi) is 5.24. The predicted molar refractivity (Wildman–Crippen MR) is 94.7 cm³/mol. The monoisotopic (exact) mass is 367 g/mol. The van der Waals surface area contributed by atoms with Crippen molar-refractivity contribution in [2.45, 2.75) is 19.8 Å². The smallest absolute Gasteiger partial charge is 0.227 e. The molecule has 2 aliphatic rings. The lowest BCUT2D eigenvalue weighted by molar-refractivity contribution is -0.137. The van der Waals surface area contributed by atoms with E-state index in [1.165, 1.54) is 10.6 Å². The summed E-state index contributed by atoms with van der Waals surface area (Å²) in [6.45, 7) is 5.11. The van der Waals surface area contributed by atoms with E-state index >= 15 is 0 Å². The number of amides is 1. The Labute approximate surface area is 148 Å². The van der Waals surface area contributed by atoms with Crippen LogP contribution < -0.4 is 4.90 Å². The van der Waals surface area contributed by atoms with E-state index in [0.717, 1.165) is 30.9 Å². The highest BCUT2D eigenvalue weighted by Crippen LogP contribution is 2.23. The number of aromatic nitrogens is 2. The Morgan fingerprint density at radius 1 is 1.12 bits per heavy atom. The zero-order chi connectivity index (χ0) is 18.0. The minimum atomic E-state index is -3.18. The summed E-state index contributed by atoms with van der Waals surface area (Å²) in [5.74, 6) is 0.865. The first kappa shape index (κ1) is 18.1. The molecule has 0 bridgehead atoms. The molecular formula is C16H25N5O3S. The first-order chi connectivity index (χ1) is 11.8. The fraction of sp³-hybridized carbons (Fsp3) is 0.688. The average molecular weight is 367 g/mol. The molecule has 1 amide bonds. The molecule has 0 spiro atoms. The van der Waals surface area contributed by atoms with Gasteiger partial charge in [0, 0.05) is 39.3 Å². The van der Waals surface area contributed by atoms with Crippen LogP contribution in [0.1, 0.15) is 18.5 Å². The second-order valence-electron chi connectivity index (χ2n) is 6.81. The van der Waals surface area contributed by atoms with E-state index in [1.54, 1.807) is 4.90 Å². The molecule has 1 atom stereocenters. The first-order valence-electron chi connectivity index (χ1n) is 8.64. The molecular weight excluding hydrogens is 342 g/mol.